The van der Waals surface area contributed by atoms with E-state index in [-0.39, 0.29) is 0 Å². The Hall–Kier alpha value is -2.09. The lowest BCUT2D eigenvalue weighted by Crippen LogP contribution is -2.47. The van der Waals surface area contributed by atoms with E-state index in [0.29, 0.717) is 13.0 Å². The number of carbonyl (C=O) groups is 3. The monoisotopic (exact) mass is 300 g/mol. The third-order valence-corrected chi connectivity index (χ3v) is 3.21. The lowest BCUT2D eigenvalue weighted by atomic mass is 10.2. The molecular weight excluding hydrogens is 284 g/mol. The second kappa shape index (κ2) is 8.16. The SMILES string of the molecule is COC(=O)C[C@H](NC(=O)NCCc1ccsc1)C(=O)O. The zero-order valence-corrected chi connectivity index (χ0v) is 11.7. The maximum atomic E-state index is 11.5. The molecule has 0 aliphatic heterocycles. The molecule has 0 fully saturated rings. The number of carbonyl (C=O) groups excluding carboxylic acids is 2. The number of carboxylic acid groups (broad SMARTS) is 1. The summed E-state index contributed by atoms with van der Waals surface area (Å²) in [6.07, 6.45) is 0.245. The van der Waals surface area contributed by atoms with Gasteiger partial charge in [-0.15, -0.1) is 0 Å². The van der Waals surface area contributed by atoms with Crippen molar-refractivity contribution in [3.8, 4) is 0 Å². The molecule has 1 aromatic heterocycles. The van der Waals surface area contributed by atoms with Crippen molar-refractivity contribution in [1.82, 2.24) is 10.6 Å². The molecule has 0 saturated heterocycles. The molecule has 110 valence electrons. The van der Waals surface area contributed by atoms with E-state index >= 15 is 0 Å². The number of rotatable bonds is 7. The summed E-state index contributed by atoms with van der Waals surface area (Å²) >= 11 is 1.56. The molecule has 1 atom stereocenters. The highest BCUT2D eigenvalue weighted by molar-refractivity contribution is 7.07. The number of carboxylic acids is 1. The standard InChI is InChI=1S/C12H16N2O5S/c1-19-10(15)6-9(11(16)17)14-12(18)13-4-2-8-3-5-20-7-8/h3,5,7,9H,2,4,6H2,1H3,(H,16,17)(H2,13,14,18)/t9-/m0/s1. The molecule has 0 unspecified atom stereocenters. The smallest absolute Gasteiger partial charge is 0.326 e. The van der Waals surface area contributed by atoms with Gasteiger partial charge in [0.2, 0.25) is 0 Å². The van der Waals surface area contributed by atoms with Crippen LogP contribution in [0.3, 0.4) is 0 Å². The molecule has 20 heavy (non-hydrogen) atoms. The molecular formula is C12H16N2O5S. The van der Waals surface area contributed by atoms with Crippen LogP contribution in [0, 0.1) is 0 Å². The van der Waals surface area contributed by atoms with Crippen molar-refractivity contribution in [1.29, 1.82) is 0 Å². The van der Waals surface area contributed by atoms with E-state index in [2.05, 4.69) is 15.4 Å². The predicted octanol–water partition coefficient (Wildman–Crippen LogP) is 0.606. The minimum atomic E-state index is -1.30. The highest BCUT2D eigenvalue weighted by Gasteiger charge is 2.23. The summed E-state index contributed by atoms with van der Waals surface area (Å²) in [6.45, 7) is 0.382. The average molecular weight is 300 g/mol. The number of methoxy groups -OCH3 is 1. The second-order valence-corrected chi connectivity index (χ2v) is 4.73. The number of hydrogen-bond acceptors (Lipinski definition) is 5. The van der Waals surface area contributed by atoms with Crippen molar-refractivity contribution in [2.75, 3.05) is 13.7 Å². The van der Waals surface area contributed by atoms with Crippen molar-refractivity contribution < 1.29 is 24.2 Å². The molecule has 0 radical (unpaired) electrons. The van der Waals surface area contributed by atoms with Gasteiger partial charge in [0.15, 0.2) is 0 Å². The quantitative estimate of drug-likeness (QED) is 0.640. The van der Waals surface area contributed by atoms with Gasteiger partial charge in [0.05, 0.1) is 13.5 Å². The minimum absolute atomic E-state index is 0.382. The van der Waals surface area contributed by atoms with Crippen LogP contribution in [0.5, 0.6) is 0 Å². The molecule has 8 heteroatoms. The van der Waals surface area contributed by atoms with E-state index in [0.717, 1.165) is 12.7 Å². The van der Waals surface area contributed by atoms with Gasteiger partial charge in [0.1, 0.15) is 6.04 Å². The molecule has 0 spiro atoms. The van der Waals surface area contributed by atoms with E-state index in [1.807, 2.05) is 16.8 Å². The van der Waals surface area contributed by atoms with E-state index in [1.165, 1.54) is 0 Å². The minimum Gasteiger partial charge on any atom is -0.480 e. The normalized spacial score (nSPS) is 11.4. The molecule has 1 heterocycles. The van der Waals surface area contributed by atoms with Crippen LogP contribution >= 0.6 is 11.3 Å². The average Bonchev–Trinajstić information content (AvgIpc) is 2.90. The van der Waals surface area contributed by atoms with Gasteiger partial charge < -0.3 is 20.5 Å². The van der Waals surface area contributed by atoms with E-state index < -0.39 is 30.4 Å². The Morgan fingerprint density at radius 1 is 1.45 bits per heavy atom. The first-order valence-electron chi connectivity index (χ1n) is 5.88. The van der Waals surface area contributed by atoms with Crippen LogP contribution in [0.1, 0.15) is 12.0 Å². The van der Waals surface area contributed by atoms with Crippen molar-refractivity contribution in [2.45, 2.75) is 18.9 Å². The number of hydrogen-bond donors (Lipinski definition) is 3. The molecule has 7 nitrogen and oxygen atoms in total. The van der Waals surface area contributed by atoms with Crippen molar-refractivity contribution in [2.24, 2.45) is 0 Å². The summed E-state index contributed by atoms with van der Waals surface area (Å²) < 4.78 is 4.37. The van der Waals surface area contributed by atoms with E-state index in [9.17, 15) is 14.4 Å². The summed E-state index contributed by atoms with van der Waals surface area (Å²) in [5.41, 5.74) is 1.10. The van der Waals surface area contributed by atoms with Crippen LogP contribution in [0.4, 0.5) is 4.79 Å². The molecule has 1 rings (SSSR count). The first-order chi connectivity index (χ1) is 9.52. The van der Waals surface area contributed by atoms with Gasteiger partial charge in [0, 0.05) is 6.54 Å². The number of nitrogens with one attached hydrogen (secondary N) is 2. The Labute approximate surface area is 119 Å². The molecule has 0 bridgehead atoms. The second-order valence-electron chi connectivity index (χ2n) is 3.95. The summed E-state index contributed by atoms with van der Waals surface area (Å²) in [5, 5.41) is 17.5. The lowest BCUT2D eigenvalue weighted by Gasteiger charge is -2.13. The largest absolute Gasteiger partial charge is 0.480 e. The van der Waals surface area contributed by atoms with Crippen LogP contribution < -0.4 is 10.6 Å². The van der Waals surface area contributed by atoms with Crippen LogP contribution in [-0.4, -0.2) is 42.8 Å². The maximum Gasteiger partial charge on any atom is 0.326 e. The zero-order valence-electron chi connectivity index (χ0n) is 10.9. The Bertz CT molecular complexity index is 460. The third-order valence-electron chi connectivity index (χ3n) is 2.48. The molecule has 0 aliphatic carbocycles. The van der Waals surface area contributed by atoms with Gasteiger partial charge in [-0.2, -0.15) is 11.3 Å². The molecule has 0 saturated carbocycles. The third kappa shape index (κ3) is 5.70. The molecule has 2 amide bonds. The number of aliphatic carboxylic acids is 1. The van der Waals surface area contributed by atoms with Gasteiger partial charge in [-0.1, -0.05) is 0 Å². The van der Waals surface area contributed by atoms with Crippen LogP contribution in [0.2, 0.25) is 0 Å². The fraction of sp³-hybridized carbons (Fsp3) is 0.417. The molecule has 3 N–H and O–H groups in total. The first kappa shape index (κ1) is 16.0. The predicted molar refractivity (Wildman–Crippen MR) is 72.6 cm³/mol. The zero-order chi connectivity index (χ0) is 15.0. The Kier molecular flexibility index (Phi) is 6.51. The summed E-state index contributed by atoms with van der Waals surface area (Å²) in [5.74, 6) is -1.99. The summed E-state index contributed by atoms with van der Waals surface area (Å²) in [7, 11) is 1.15. The molecule has 0 aliphatic rings. The first-order valence-corrected chi connectivity index (χ1v) is 6.82. The fourth-order valence-corrected chi connectivity index (χ4v) is 2.12. The van der Waals surface area contributed by atoms with Crippen molar-refractivity contribution in [3.05, 3.63) is 22.4 Å². The van der Waals surface area contributed by atoms with Crippen LogP contribution in [0.15, 0.2) is 16.8 Å². The number of thiophene rings is 1. The Balaban J connectivity index is 2.34. The number of ether oxygens (including phenoxy) is 1. The highest BCUT2D eigenvalue weighted by atomic mass is 32.1. The lowest BCUT2D eigenvalue weighted by molar-refractivity contribution is -0.147. The van der Waals surface area contributed by atoms with E-state index in [1.54, 1.807) is 11.3 Å². The topological polar surface area (TPSA) is 105 Å². The Morgan fingerprint density at radius 3 is 2.75 bits per heavy atom. The number of amides is 2. The van der Waals surface area contributed by atoms with Crippen LogP contribution in [0.25, 0.3) is 0 Å². The molecule has 0 aromatic carbocycles. The van der Waals surface area contributed by atoms with Gasteiger partial charge >= 0.3 is 18.0 Å². The number of urea groups is 1. The van der Waals surface area contributed by atoms with Crippen molar-refractivity contribution in [3.63, 3.8) is 0 Å². The maximum absolute atomic E-state index is 11.5. The van der Waals surface area contributed by atoms with Gasteiger partial charge in [-0.05, 0) is 28.8 Å². The van der Waals surface area contributed by atoms with E-state index in [4.69, 9.17) is 5.11 Å². The van der Waals surface area contributed by atoms with Gasteiger partial charge in [-0.3, -0.25) is 4.79 Å². The molecule has 1 aromatic rings. The van der Waals surface area contributed by atoms with Crippen molar-refractivity contribution >= 4 is 29.3 Å². The summed E-state index contributed by atoms with van der Waals surface area (Å²) in [4.78, 5) is 33.4. The number of esters is 1. The summed E-state index contributed by atoms with van der Waals surface area (Å²) in [6, 6.07) is 0.0156. The fourth-order valence-electron chi connectivity index (χ4n) is 1.41. The highest BCUT2D eigenvalue weighted by Crippen LogP contribution is 2.05. The Morgan fingerprint density at radius 2 is 2.20 bits per heavy atom. The van der Waals surface area contributed by atoms with Gasteiger partial charge in [0.25, 0.3) is 0 Å². The van der Waals surface area contributed by atoms with Gasteiger partial charge in [-0.25, -0.2) is 9.59 Å². The van der Waals surface area contributed by atoms with Crippen LogP contribution in [-0.2, 0) is 20.7 Å².